The molecular weight excluding hydrogens is 397 g/mol. The van der Waals surface area contributed by atoms with E-state index in [0.29, 0.717) is 34.2 Å². The predicted octanol–water partition coefficient (Wildman–Crippen LogP) is 4.42. The molecule has 0 spiro atoms. The van der Waals surface area contributed by atoms with Crippen molar-refractivity contribution in [2.75, 3.05) is 20.3 Å². The second-order valence-corrected chi connectivity index (χ2v) is 9.45. The van der Waals surface area contributed by atoms with Gasteiger partial charge >= 0.3 is 0 Å². The second-order valence-electron chi connectivity index (χ2n) is 8.64. The molecule has 1 aromatic carbocycles. The fourth-order valence-electron chi connectivity index (χ4n) is 5.17. The number of benzene rings is 1. The number of methoxy groups -OCH3 is 1. The minimum Gasteiger partial charge on any atom is -0.385 e. The van der Waals surface area contributed by atoms with Crippen LogP contribution in [0.4, 0.5) is 0 Å². The second kappa shape index (κ2) is 6.54. The maximum Gasteiger partial charge on any atom is 0.232 e. The van der Waals surface area contributed by atoms with Crippen LogP contribution in [0.1, 0.15) is 51.4 Å². The van der Waals surface area contributed by atoms with E-state index in [1.54, 1.807) is 19.2 Å². The average Bonchev–Trinajstić information content (AvgIpc) is 2.94. The van der Waals surface area contributed by atoms with Gasteiger partial charge in [-0.3, -0.25) is 4.79 Å². The summed E-state index contributed by atoms with van der Waals surface area (Å²) in [6, 6.07) is 3.49. The lowest BCUT2D eigenvalue weighted by Crippen LogP contribution is -2.51. The minimum atomic E-state index is -0.697. The van der Waals surface area contributed by atoms with Gasteiger partial charge < -0.3 is 10.1 Å². The third kappa shape index (κ3) is 2.39. The van der Waals surface area contributed by atoms with E-state index < -0.39 is 5.41 Å². The van der Waals surface area contributed by atoms with Crippen molar-refractivity contribution in [2.24, 2.45) is 5.41 Å². The summed E-state index contributed by atoms with van der Waals surface area (Å²) in [6.07, 6.45) is 2.45. The van der Waals surface area contributed by atoms with Crippen molar-refractivity contribution in [3.05, 3.63) is 33.6 Å². The molecule has 0 saturated heterocycles. The molecule has 7 heteroatoms. The average molecular weight is 422 g/mol. The third-order valence-corrected chi connectivity index (χ3v) is 8.00. The van der Waals surface area contributed by atoms with E-state index in [4.69, 9.17) is 37.9 Å². The Hall–Kier alpha value is -1.43. The number of hydrogen-bond donors (Lipinski definition) is 1. The predicted molar refractivity (Wildman–Crippen MR) is 111 cm³/mol. The molecule has 2 atom stereocenters. The Bertz CT molecular complexity index is 978. The maximum atomic E-state index is 13.5. The lowest BCUT2D eigenvalue weighted by molar-refractivity contribution is -0.130. The molecule has 0 radical (unpaired) electrons. The summed E-state index contributed by atoms with van der Waals surface area (Å²) in [5, 5.41) is 4.03. The molecule has 2 aliphatic carbocycles. The molecule has 1 heterocycles. The smallest absolute Gasteiger partial charge is 0.232 e. The molecule has 2 bridgehead atoms. The molecule has 1 saturated carbocycles. The molecule has 5 nitrogen and oxygen atoms in total. The van der Waals surface area contributed by atoms with Crippen LogP contribution in [0.3, 0.4) is 0 Å². The summed E-state index contributed by atoms with van der Waals surface area (Å²) in [7, 11) is 1.66. The molecule has 1 aromatic heterocycles. The van der Waals surface area contributed by atoms with Crippen molar-refractivity contribution in [2.45, 2.75) is 50.9 Å². The summed E-state index contributed by atoms with van der Waals surface area (Å²) >= 11 is 12.4. The largest absolute Gasteiger partial charge is 0.385 e. The first-order valence-electron chi connectivity index (χ1n) is 9.64. The molecule has 2 aliphatic rings. The zero-order valence-electron chi connectivity index (χ0n) is 16.7. The molecular formula is C21H25Cl2N3O2. The van der Waals surface area contributed by atoms with Gasteiger partial charge in [0.25, 0.3) is 0 Å². The molecule has 0 aliphatic heterocycles. The Morgan fingerprint density at radius 3 is 2.32 bits per heavy atom. The number of amides is 1. The fraction of sp³-hybridized carbons (Fsp3) is 0.571. The molecule has 1 amide bonds. The SMILES string of the molecule is COCCCNC(=O)C12CCC(C)(c3nc4cc(Cl)c(Cl)cc4nc31)C2(C)C. The van der Waals surface area contributed by atoms with Gasteiger partial charge in [0.1, 0.15) is 0 Å². The number of fused-ring (bicyclic) bond motifs is 6. The van der Waals surface area contributed by atoms with Gasteiger partial charge in [0.2, 0.25) is 5.91 Å². The van der Waals surface area contributed by atoms with Crippen LogP contribution < -0.4 is 5.32 Å². The first kappa shape index (κ1) is 19.9. The highest BCUT2D eigenvalue weighted by molar-refractivity contribution is 6.42. The molecule has 2 aromatic rings. The zero-order valence-corrected chi connectivity index (χ0v) is 18.2. The molecule has 2 unspecified atom stereocenters. The first-order valence-corrected chi connectivity index (χ1v) is 10.4. The van der Waals surface area contributed by atoms with Crippen LogP contribution in [0, 0.1) is 5.41 Å². The maximum absolute atomic E-state index is 13.5. The number of carbonyl (C=O) groups is 1. The van der Waals surface area contributed by atoms with Gasteiger partial charge in [0, 0.05) is 25.7 Å². The highest BCUT2D eigenvalue weighted by atomic mass is 35.5. The number of carbonyl (C=O) groups excluding carboxylic acids is 1. The quantitative estimate of drug-likeness (QED) is 0.725. The molecule has 1 fully saturated rings. The van der Waals surface area contributed by atoms with Gasteiger partial charge in [0.05, 0.1) is 37.9 Å². The molecule has 4 rings (SSSR count). The summed E-state index contributed by atoms with van der Waals surface area (Å²) in [4.78, 5) is 23.4. The normalized spacial score (nSPS) is 27.2. The van der Waals surface area contributed by atoms with E-state index in [-0.39, 0.29) is 16.7 Å². The zero-order chi connectivity index (χ0) is 20.3. The van der Waals surface area contributed by atoms with Crippen molar-refractivity contribution >= 4 is 40.1 Å². The van der Waals surface area contributed by atoms with Crippen LogP contribution in [0.25, 0.3) is 11.0 Å². The number of aromatic nitrogens is 2. The Morgan fingerprint density at radius 2 is 1.71 bits per heavy atom. The number of nitrogens with one attached hydrogen (secondary N) is 1. The van der Waals surface area contributed by atoms with E-state index in [1.165, 1.54) is 0 Å². The highest BCUT2D eigenvalue weighted by Gasteiger charge is 2.73. The summed E-state index contributed by atoms with van der Waals surface area (Å²) in [6.45, 7) is 7.75. The number of hydrogen-bond acceptors (Lipinski definition) is 4. The molecule has 1 N–H and O–H groups in total. The monoisotopic (exact) mass is 421 g/mol. The van der Waals surface area contributed by atoms with Crippen LogP contribution in [-0.2, 0) is 20.4 Å². The van der Waals surface area contributed by atoms with Crippen molar-refractivity contribution in [1.82, 2.24) is 15.3 Å². The number of halogens is 2. The minimum absolute atomic E-state index is 0.0322. The standard InChI is InChI=1S/C21H25Cl2N3O2/c1-19(2)20(3)6-7-21(19,18(27)24-8-5-9-28-4)17-16(20)25-14-10-12(22)13(23)11-15(14)26-17/h10-11H,5-9H2,1-4H3,(H,24,27). The van der Waals surface area contributed by atoms with E-state index in [1.807, 2.05) is 0 Å². The van der Waals surface area contributed by atoms with Crippen molar-refractivity contribution in [3.63, 3.8) is 0 Å². The number of nitrogens with zero attached hydrogens (tertiary/aromatic N) is 2. The first-order chi connectivity index (χ1) is 13.2. The Labute approximate surface area is 175 Å². The fourth-order valence-corrected chi connectivity index (χ4v) is 5.49. The number of rotatable bonds is 5. The Kier molecular flexibility index (Phi) is 4.64. The van der Waals surface area contributed by atoms with Gasteiger partial charge in [-0.25, -0.2) is 9.97 Å². The lowest BCUT2D eigenvalue weighted by atomic mass is 9.63. The summed E-state index contributed by atoms with van der Waals surface area (Å²) in [5.41, 5.74) is 1.87. The topological polar surface area (TPSA) is 64.1 Å². The van der Waals surface area contributed by atoms with Crippen LogP contribution in [0.2, 0.25) is 10.0 Å². The lowest BCUT2D eigenvalue weighted by Gasteiger charge is -2.39. The third-order valence-electron chi connectivity index (χ3n) is 7.28. The van der Waals surface area contributed by atoms with Gasteiger partial charge in [-0.05, 0) is 36.8 Å². The summed E-state index contributed by atoms with van der Waals surface area (Å²) < 4.78 is 5.09. The van der Waals surface area contributed by atoms with Gasteiger partial charge in [-0.15, -0.1) is 0 Å². The van der Waals surface area contributed by atoms with Crippen molar-refractivity contribution in [1.29, 1.82) is 0 Å². The Morgan fingerprint density at radius 1 is 1.11 bits per heavy atom. The van der Waals surface area contributed by atoms with Crippen LogP contribution >= 0.6 is 23.2 Å². The number of ether oxygens (including phenoxy) is 1. The highest BCUT2D eigenvalue weighted by Crippen LogP contribution is 2.70. The van der Waals surface area contributed by atoms with Crippen LogP contribution in [0.15, 0.2) is 12.1 Å². The van der Waals surface area contributed by atoms with Crippen molar-refractivity contribution in [3.8, 4) is 0 Å². The van der Waals surface area contributed by atoms with E-state index in [9.17, 15) is 4.79 Å². The van der Waals surface area contributed by atoms with E-state index in [0.717, 1.165) is 30.7 Å². The van der Waals surface area contributed by atoms with Gasteiger partial charge in [-0.1, -0.05) is 44.0 Å². The van der Waals surface area contributed by atoms with Crippen LogP contribution in [-0.4, -0.2) is 36.1 Å². The van der Waals surface area contributed by atoms with E-state index in [2.05, 4.69) is 26.1 Å². The molecule has 150 valence electrons. The van der Waals surface area contributed by atoms with Gasteiger partial charge in [-0.2, -0.15) is 0 Å². The van der Waals surface area contributed by atoms with Crippen LogP contribution in [0.5, 0.6) is 0 Å². The van der Waals surface area contributed by atoms with Crippen molar-refractivity contribution < 1.29 is 9.53 Å². The van der Waals surface area contributed by atoms with Gasteiger partial charge in [0.15, 0.2) is 0 Å². The summed E-state index contributed by atoms with van der Waals surface area (Å²) in [5.74, 6) is 0.0322. The van der Waals surface area contributed by atoms with E-state index >= 15 is 0 Å². The Balaban J connectivity index is 1.85. The molecule has 28 heavy (non-hydrogen) atoms.